The molecule has 0 amide bonds. The summed E-state index contributed by atoms with van der Waals surface area (Å²) in [7, 11) is -3.45. The number of hydrogen-bond acceptors (Lipinski definition) is 3. The first-order valence-electron chi connectivity index (χ1n) is 6.81. The van der Waals surface area contributed by atoms with Gasteiger partial charge in [-0.2, -0.15) is 0 Å². The van der Waals surface area contributed by atoms with Gasteiger partial charge in [0.1, 0.15) is 0 Å². The number of sulfonamides is 1. The van der Waals surface area contributed by atoms with Crippen molar-refractivity contribution in [2.45, 2.75) is 32.1 Å². The van der Waals surface area contributed by atoms with Gasteiger partial charge in [0.05, 0.1) is 11.4 Å². The summed E-state index contributed by atoms with van der Waals surface area (Å²) in [5.41, 5.74) is 1.80. The van der Waals surface area contributed by atoms with Gasteiger partial charge in [-0.1, -0.05) is 18.2 Å². The number of para-hydroxylation sites is 1. The minimum Gasteiger partial charge on any atom is -0.481 e. The average molecular weight is 297 g/mol. The lowest BCUT2D eigenvalue weighted by Gasteiger charge is -2.24. The van der Waals surface area contributed by atoms with Crippen molar-refractivity contribution in [1.82, 2.24) is 0 Å². The van der Waals surface area contributed by atoms with Crippen LogP contribution >= 0.6 is 0 Å². The van der Waals surface area contributed by atoms with E-state index in [-0.39, 0.29) is 18.6 Å². The van der Waals surface area contributed by atoms with Gasteiger partial charge in [0.2, 0.25) is 10.0 Å². The van der Waals surface area contributed by atoms with E-state index in [2.05, 4.69) is 0 Å². The molecular weight excluding hydrogens is 278 g/mol. The zero-order chi connectivity index (χ0) is 14.6. The summed E-state index contributed by atoms with van der Waals surface area (Å²) in [5.74, 6) is -1.08. The number of hydrogen-bond donors (Lipinski definition) is 1. The fourth-order valence-corrected chi connectivity index (χ4v) is 4.08. The van der Waals surface area contributed by atoms with Crippen LogP contribution in [0.4, 0.5) is 5.69 Å². The summed E-state index contributed by atoms with van der Waals surface area (Å²) in [5, 5.41) is 8.62. The molecule has 2 rings (SSSR count). The highest BCUT2D eigenvalue weighted by atomic mass is 32.2. The molecule has 1 aromatic rings. The van der Waals surface area contributed by atoms with Crippen molar-refractivity contribution >= 4 is 21.7 Å². The third-order valence-electron chi connectivity index (χ3n) is 3.45. The molecule has 1 aromatic carbocycles. The van der Waals surface area contributed by atoms with Crippen molar-refractivity contribution in [2.24, 2.45) is 0 Å². The van der Waals surface area contributed by atoms with Crippen LogP contribution in [-0.4, -0.2) is 31.8 Å². The van der Waals surface area contributed by atoms with Gasteiger partial charge in [0.25, 0.3) is 0 Å². The normalized spacial score (nSPS) is 15.5. The first-order chi connectivity index (χ1) is 9.50. The van der Waals surface area contributed by atoms with Crippen molar-refractivity contribution in [1.29, 1.82) is 0 Å². The number of aryl methyl sites for hydroxylation is 1. The minimum atomic E-state index is -3.45. The van der Waals surface area contributed by atoms with Crippen LogP contribution in [0.1, 0.15) is 31.2 Å². The van der Waals surface area contributed by atoms with E-state index in [1.165, 1.54) is 4.31 Å². The highest BCUT2D eigenvalue weighted by molar-refractivity contribution is 7.92. The molecule has 0 unspecified atom stereocenters. The Morgan fingerprint density at radius 1 is 1.25 bits per heavy atom. The monoisotopic (exact) mass is 297 g/mol. The number of rotatable bonds is 5. The molecule has 1 aliphatic heterocycles. The van der Waals surface area contributed by atoms with Gasteiger partial charge in [0.15, 0.2) is 0 Å². The predicted octanol–water partition coefficient (Wildman–Crippen LogP) is 2.02. The molecule has 1 N–H and O–H groups in total. The largest absolute Gasteiger partial charge is 0.481 e. The van der Waals surface area contributed by atoms with Gasteiger partial charge in [-0.3, -0.25) is 9.10 Å². The van der Waals surface area contributed by atoms with Crippen molar-refractivity contribution in [3.63, 3.8) is 0 Å². The molecule has 0 bridgehead atoms. The summed E-state index contributed by atoms with van der Waals surface area (Å²) >= 11 is 0. The second-order valence-corrected chi connectivity index (χ2v) is 6.98. The number of carboxylic acid groups (broad SMARTS) is 1. The Bertz CT molecular complexity index is 583. The van der Waals surface area contributed by atoms with E-state index < -0.39 is 16.0 Å². The van der Waals surface area contributed by atoms with Crippen LogP contribution in [0.3, 0.4) is 0 Å². The van der Waals surface area contributed by atoms with Gasteiger partial charge in [0, 0.05) is 13.0 Å². The lowest BCUT2D eigenvalue weighted by molar-refractivity contribution is -0.137. The zero-order valence-electron chi connectivity index (χ0n) is 11.3. The maximum Gasteiger partial charge on any atom is 0.303 e. The van der Waals surface area contributed by atoms with E-state index in [0.29, 0.717) is 6.54 Å². The maximum atomic E-state index is 12.4. The molecule has 20 heavy (non-hydrogen) atoms. The van der Waals surface area contributed by atoms with E-state index in [4.69, 9.17) is 5.11 Å². The highest BCUT2D eigenvalue weighted by Gasteiger charge is 2.25. The Balaban J connectivity index is 2.20. The first kappa shape index (κ1) is 14.8. The molecule has 0 saturated heterocycles. The number of benzene rings is 1. The molecule has 0 saturated carbocycles. The summed E-state index contributed by atoms with van der Waals surface area (Å²) in [6.07, 6.45) is 2.72. The second kappa shape index (κ2) is 6.26. The molecule has 0 aliphatic carbocycles. The second-order valence-electron chi connectivity index (χ2n) is 4.97. The highest BCUT2D eigenvalue weighted by Crippen LogP contribution is 2.28. The fraction of sp³-hybridized carbons (Fsp3) is 0.500. The molecule has 1 heterocycles. The maximum absolute atomic E-state index is 12.4. The Kier molecular flexibility index (Phi) is 4.65. The lowest BCUT2D eigenvalue weighted by Crippen LogP contribution is -2.34. The van der Waals surface area contributed by atoms with Crippen molar-refractivity contribution in [2.75, 3.05) is 16.6 Å². The third kappa shape index (κ3) is 3.50. The Hall–Kier alpha value is -1.56. The van der Waals surface area contributed by atoms with Gasteiger partial charge < -0.3 is 5.11 Å². The number of fused-ring (bicyclic) bond motifs is 1. The molecule has 0 fully saturated rings. The number of aliphatic carboxylic acids is 1. The summed E-state index contributed by atoms with van der Waals surface area (Å²) in [6.45, 7) is 0.479. The molecule has 110 valence electrons. The molecule has 0 aromatic heterocycles. The molecular formula is C14H19NO4S. The Morgan fingerprint density at radius 3 is 2.75 bits per heavy atom. The predicted molar refractivity (Wildman–Crippen MR) is 77.4 cm³/mol. The SMILES string of the molecule is O=C(O)CCCS(=O)(=O)N1CCCCc2ccccc21. The van der Waals surface area contributed by atoms with Gasteiger partial charge >= 0.3 is 5.97 Å². The van der Waals surface area contributed by atoms with Crippen LogP contribution < -0.4 is 4.31 Å². The zero-order valence-corrected chi connectivity index (χ0v) is 12.1. The standard InChI is InChI=1S/C14H19NO4S/c16-14(17)9-5-11-20(18,19)15-10-4-3-7-12-6-1-2-8-13(12)15/h1-2,6,8H,3-5,7,9-11H2,(H,16,17). The molecule has 1 aliphatic rings. The minimum absolute atomic E-state index is 0.116. The van der Waals surface area contributed by atoms with Crippen LogP contribution in [0.2, 0.25) is 0 Å². The average Bonchev–Trinajstić information content (AvgIpc) is 2.60. The molecule has 0 atom stereocenters. The van der Waals surface area contributed by atoms with Gasteiger partial charge in [-0.05, 0) is 37.3 Å². The lowest BCUT2D eigenvalue weighted by atomic mass is 10.1. The van der Waals surface area contributed by atoms with E-state index >= 15 is 0 Å². The molecule has 6 heteroatoms. The quantitative estimate of drug-likeness (QED) is 0.902. The number of anilines is 1. The van der Waals surface area contributed by atoms with Crippen molar-refractivity contribution in [3.8, 4) is 0 Å². The van der Waals surface area contributed by atoms with Crippen LogP contribution in [-0.2, 0) is 21.2 Å². The van der Waals surface area contributed by atoms with Crippen molar-refractivity contribution in [3.05, 3.63) is 29.8 Å². The van der Waals surface area contributed by atoms with E-state index in [0.717, 1.165) is 30.5 Å². The van der Waals surface area contributed by atoms with E-state index in [9.17, 15) is 13.2 Å². The van der Waals surface area contributed by atoms with Crippen LogP contribution in [0.5, 0.6) is 0 Å². The van der Waals surface area contributed by atoms with Gasteiger partial charge in [-0.15, -0.1) is 0 Å². The molecule has 5 nitrogen and oxygen atoms in total. The van der Waals surface area contributed by atoms with Gasteiger partial charge in [-0.25, -0.2) is 8.42 Å². The van der Waals surface area contributed by atoms with Crippen LogP contribution in [0, 0.1) is 0 Å². The molecule has 0 spiro atoms. The third-order valence-corrected chi connectivity index (χ3v) is 5.30. The number of carbonyl (C=O) groups is 1. The smallest absolute Gasteiger partial charge is 0.303 e. The fourth-order valence-electron chi connectivity index (χ4n) is 2.46. The first-order valence-corrected chi connectivity index (χ1v) is 8.42. The Labute approximate surface area is 119 Å². The summed E-state index contributed by atoms with van der Waals surface area (Å²) < 4.78 is 26.3. The number of carboxylic acids is 1. The topological polar surface area (TPSA) is 74.7 Å². The van der Waals surface area contributed by atoms with Crippen molar-refractivity contribution < 1.29 is 18.3 Å². The Morgan fingerprint density at radius 2 is 2.00 bits per heavy atom. The van der Waals surface area contributed by atoms with Crippen LogP contribution in [0.25, 0.3) is 0 Å². The van der Waals surface area contributed by atoms with E-state index in [1.54, 1.807) is 0 Å². The summed E-state index contributed by atoms with van der Waals surface area (Å²) in [4.78, 5) is 10.5. The van der Waals surface area contributed by atoms with Crippen LogP contribution in [0.15, 0.2) is 24.3 Å². The van der Waals surface area contributed by atoms with E-state index in [1.807, 2.05) is 24.3 Å². The summed E-state index contributed by atoms with van der Waals surface area (Å²) in [6, 6.07) is 7.54. The number of nitrogens with zero attached hydrogens (tertiary/aromatic N) is 1. The molecule has 0 radical (unpaired) electrons.